The summed E-state index contributed by atoms with van der Waals surface area (Å²) in [6, 6.07) is 7.58. The number of nitrogens with one attached hydrogen (secondary N) is 1. The van der Waals surface area contributed by atoms with Gasteiger partial charge in [0.2, 0.25) is 15.9 Å². The maximum absolute atomic E-state index is 12.3. The van der Waals surface area contributed by atoms with Gasteiger partial charge in [-0.05, 0) is 44.0 Å². The van der Waals surface area contributed by atoms with Crippen molar-refractivity contribution in [2.45, 2.75) is 24.7 Å². The van der Waals surface area contributed by atoms with Crippen LogP contribution in [0.3, 0.4) is 0 Å². The molecule has 1 amide bonds. The highest BCUT2D eigenvalue weighted by atomic mass is 35.5. The number of hydrogen-bond acceptors (Lipinski definition) is 4. The molecule has 24 heavy (non-hydrogen) atoms. The highest BCUT2D eigenvalue weighted by Gasteiger charge is 2.31. The van der Waals surface area contributed by atoms with Gasteiger partial charge in [-0.1, -0.05) is 11.6 Å². The zero-order valence-corrected chi connectivity index (χ0v) is 16.1. The van der Waals surface area contributed by atoms with E-state index in [1.54, 1.807) is 18.7 Å². The fraction of sp³-hybridized carbons (Fsp3) is 0.562. The Bertz CT molecular complexity index is 650. The van der Waals surface area contributed by atoms with Gasteiger partial charge >= 0.3 is 0 Å². The second-order valence-electron chi connectivity index (χ2n) is 5.69. The maximum Gasteiger partial charge on any atom is 0.224 e. The van der Waals surface area contributed by atoms with Crippen molar-refractivity contribution in [1.29, 1.82) is 0 Å². The van der Waals surface area contributed by atoms with Gasteiger partial charge in [0.15, 0.2) is 0 Å². The van der Waals surface area contributed by atoms with Crippen LogP contribution in [0.4, 0.5) is 0 Å². The molecule has 5 nitrogen and oxygen atoms in total. The average Bonchev–Trinajstić information content (AvgIpc) is 2.60. The Morgan fingerprint density at radius 2 is 2.08 bits per heavy atom. The maximum atomic E-state index is 12.3. The normalized spacial score (nSPS) is 19.2. The lowest BCUT2D eigenvalue weighted by molar-refractivity contribution is -0.125. The van der Waals surface area contributed by atoms with Crippen molar-refractivity contribution in [2.75, 3.05) is 31.1 Å². The van der Waals surface area contributed by atoms with E-state index in [4.69, 9.17) is 11.6 Å². The SMILES string of the molecule is CCS(=O)(=O)N1CCC[C@@H](C(=O)NCCSc2ccc(Cl)cc2)C1. The highest BCUT2D eigenvalue weighted by Crippen LogP contribution is 2.21. The molecule has 1 aromatic rings. The number of piperidine rings is 1. The van der Waals surface area contributed by atoms with E-state index in [-0.39, 0.29) is 17.6 Å². The van der Waals surface area contributed by atoms with Crippen LogP contribution < -0.4 is 5.32 Å². The summed E-state index contributed by atoms with van der Waals surface area (Å²) in [6.45, 7) is 3.01. The predicted molar refractivity (Wildman–Crippen MR) is 98.9 cm³/mol. The number of carbonyl (C=O) groups is 1. The first-order chi connectivity index (χ1) is 11.4. The number of nitrogens with zero attached hydrogens (tertiary/aromatic N) is 1. The summed E-state index contributed by atoms with van der Waals surface area (Å²) >= 11 is 7.49. The van der Waals surface area contributed by atoms with Crippen LogP contribution in [0.5, 0.6) is 0 Å². The van der Waals surface area contributed by atoms with E-state index >= 15 is 0 Å². The molecule has 2 rings (SSSR count). The van der Waals surface area contributed by atoms with Gasteiger partial charge in [0.05, 0.1) is 11.7 Å². The van der Waals surface area contributed by atoms with Crippen molar-refractivity contribution in [2.24, 2.45) is 5.92 Å². The van der Waals surface area contributed by atoms with Crippen LogP contribution >= 0.6 is 23.4 Å². The Morgan fingerprint density at radius 3 is 2.75 bits per heavy atom. The first-order valence-electron chi connectivity index (χ1n) is 8.06. The van der Waals surface area contributed by atoms with E-state index in [1.807, 2.05) is 24.3 Å². The molecule has 1 aliphatic heterocycles. The van der Waals surface area contributed by atoms with E-state index in [0.29, 0.717) is 24.7 Å². The van der Waals surface area contributed by atoms with Crippen LogP contribution in [0, 0.1) is 5.92 Å². The number of hydrogen-bond donors (Lipinski definition) is 1. The summed E-state index contributed by atoms with van der Waals surface area (Å²) in [5, 5.41) is 3.62. The number of amides is 1. The lowest BCUT2D eigenvalue weighted by Crippen LogP contribution is -2.46. The van der Waals surface area contributed by atoms with Gasteiger partial charge in [0, 0.05) is 35.3 Å². The van der Waals surface area contributed by atoms with Gasteiger partial charge in [0.1, 0.15) is 0 Å². The van der Waals surface area contributed by atoms with Crippen molar-refractivity contribution < 1.29 is 13.2 Å². The Hall–Kier alpha value is -0.760. The smallest absolute Gasteiger partial charge is 0.224 e. The Morgan fingerprint density at radius 1 is 1.38 bits per heavy atom. The van der Waals surface area contributed by atoms with E-state index in [9.17, 15) is 13.2 Å². The van der Waals surface area contributed by atoms with Crippen LogP contribution in [0.1, 0.15) is 19.8 Å². The molecule has 1 aliphatic rings. The van der Waals surface area contributed by atoms with Crippen molar-refractivity contribution in [1.82, 2.24) is 9.62 Å². The molecular formula is C16H23ClN2O3S2. The number of halogens is 1. The summed E-state index contributed by atoms with van der Waals surface area (Å²) in [7, 11) is -3.21. The molecule has 1 aromatic carbocycles. The molecule has 134 valence electrons. The quantitative estimate of drug-likeness (QED) is 0.574. The third-order valence-electron chi connectivity index (χ3n) is 4.00. The van der Waals surface area contributed by atoms with Crippen LogP contribution in [0.15, 0.2) is 29.2 Å². The molecule has 1 N–H and O–H groups in total. The Balaban J connectivity index is 1.75. The molecule has 0 radical (unpaired) electrons. The summed E-state index contributed by atoms with van der Waals surface area (Å²) in [6.07, 6.45) is 1.47. The minimum Gasteiger partial charge on any atom is -0.355 e. The van der Waals surface area contributed by atoms with Crippen molar-refractivity contribution >= 4 is 39.3 Å². The van der Waals surface area contributed by atoms with Crippen molar-refractivity contribution in [3.05, 3.63) is 29.3 Å². The molecule has 1 atom stereocenters. The van der Waals surface area contributed by atoms with E-state index in [0.717, 1.165) is 23.5 Å². The Kier molecular flexibility index (Phi) is 7.40. The highest BCUT2D eigenvalue weighted by molar-refractivity contribution is 7.99. The standard InChI is InChI=1S/C16H23ClN2O3S2/c1-2-24(21,22)19-10-3-4-13(12-19)16(20)18-9-11-23-15-7-5-14(17)6-8-15/h5-8,13H,2-4,9-12H2,1H3,(H,18,20)/t13-/m1/s1. The lowest BCUT2D eigenvalue weighted by Gasteiger charge is -2.30. The summed E-state index contributed by atoms with van der Waals surface area (Å²) in [5.41, 5.74) is 0. The van der Waals surface area contributed by atoms with Gasteiger partial charge in [-0.3, -0.25) is 4.79 Å². The number of carbonyl (C=O) groups excluding carboxylic acids is 1. The zero-order chi connectivity index (χ0) is 17.6. The molecule has 1 heterocycles. The minimum atomic E-state index is -3.21. The van der Waals surface area contributed by atoms with E-state index in [1.165, 1.54) is 4.31 Å². The molecule has 8 heteroatoms. The molecule has 0 spiro atoms. The van der Waals surface area contributed by atoms with Crippen LogP contribution in [-0.2, 0) is 14.8 Å². The monoisotopic (exact) mass is 390 g/mol. The van der Waals surface area contributed by atoms with Gasteiger partial charge < -0.3 is 5.32 Å². The molecule has 1 saturated heterocycles. The van der Waals surface area contributed by atoms with Gasteiger partial charge in [0.25, 0.3) is 0 Å². The number of benzene rings is 1. The molecule has 0 unspecified atom stereocenters. The minimum absolute atomic E-state index is 0.0530. The number of rotatable bonds is 7. The van der Waals surface area contributed by atoms with Crippen LogP contribution in [0.25, 0.3) is 0 Å². The largest absolute Gasteiger partial charge is 0.355 e. The Labute approximate surface area is 153 Å². The topological polar surface area (TPSA) is 66.5 Å². The first kappa shape index (κ1) is 19.6. The summed E-state index contributed by atoms with van der Waals surface area (Å²) < 4.78 is 25.3. The molecule has 0 aliphatic carbocycles. The second-order valence-corrected chi connectivity index (χ2v) is 9.55. The lowest BCUT2D eigenvalue weighted by atomic mass is 9.99. The van der Waals surface area contributed by atoms with Gasteiger partial charge in [-0.15, -0.1) is 11.8 Å². The van der Waals surface area contributed by atoms with Crippen molar-refractivity contribution in [3.8, 4) is 0 Å². The first-order valence-corrected chi connectivity index (χ1v) is 11.0. The van der Waals surface area contributed by atoms with E-state index < -0.39 is 10.0 Å². The molecule has 0 saturated carbocycles. The summed E-state index contributed by atoms with van der Waals surface area (Å²) in [4.78, 5) is 13.4. The second kappa shape index (κ2) is 9.08. The average molecular weight is 391 g/mol. The third kappa shape index (κ3) is 5.65. The van der Waals surface area contributed by atoms with Crippen molar-refractivity contribution in [3.63, 3.8) is 0 Å². The van der Waals surface area contributed by atoms with Gasteiger partial charge in [-0.2, -0.15) is 0 Å². The molecule has 0 aromatic heterocycles. The fourth-order valence-corrected chi connectivity index (χ4v) is 4.68. The number of sulfonamides is 1. The fourth-order valence-electron chi connectivity index (χ4n) is 2.61. The zero-order valence-electron chi connectivity index (χ0n) is 13.7. The van der Waals surface area contributed by atoms with Crippen LogP contribution in [-0.4, -0.2) is 49.8 Å². The number of thioether (sulfide) groups is 1. The molecule has 1 fully saturated rings. The van der Waals surface area contributed by atoms with Crippen LogP contribution in [0.2, 0.25) is 5.02 Å². The molecular weight excluding hydrogens is 368 g/mol. The third-order valence-corrected chi connectivity index (χ3v) is 7.11. The van der Waals surface area contributed by atoms with Gasteiger partial charge in [-0.25, -0.2) is 12.7 Å². The molecule has 0 bridgehead atoms. The van der Waals surface area contributed by atoms with E-state index in [2.05, 4.69) is 5.32 Å². The predicted octanol–water partition coefficient (Wildman–Crippen LogP) is 2.61. The summed E-state index contributed by atoms with van der Waals surface area (Å²) in [5.74, 6) is 0.541.